The molecule has 10 heteroatoms. The molecule has 3 N–H and O–H groups in total. The number of phenolic OH excluding ortho intramolecular Hbond substituents is 1. The van der Waals surface area contributed by atoms with Crippen LogP contribution in [-0.2, 0) is 10.0 Å². The van der Waals surface area contributed by atoms with Crippen molar-refractivity contribution < 1.29 is 13.5 Å². The topological polar surface area (TPSA) is 109 Å². The third-order valence-electron chi connectivity index (χ3n) is 5.60. The van der Waals surface area contributed by atoms with E-state index in [9.17, 15) is 13.5 Å². The summed E-state index contributed by atoms with van der Waals surface area (Å²) in [6.45, 7) is 0.457. The number of halogens is 1. The van der Waals surface area contributed by atoms with E-state index in [1.165, 1.54) is 0 Å². The molecule has 0 aliphatic heterocycles. The van der Waals surface area contributed by atoms with E-state index in [1.54, 1.807) is 59.2 Å². The Morgan fingerprint density at radius 2 is 1.58 bits per heavy atom. The number of para-hydroxylation sites is 1. The molecule has 0 bridgehead atoms. The third-order valence-corrected chi connectivity index (χ3v) is 7.64. The molecule has 0 atom stereocenters. The predicted octanol–water partition coefficient (Wildman–Crippen LogP) is 4.92. The molecule has 0 saturated carbocycles. The average Bonchev–Trinajstić information content (AvgIpc) is 3.28. The lowest BCUT2D eigenvalue weighted by atomic mass is 10.1. The lowest BCUT2D eigenvalue weighted by molar-refractivity contribution is 0.477. The van der Waals surface area contributed by atoms with Crippen molar-refractivity contribution >= 4 is 37.4 Å². The molecule has 5 rings (SSSR count). The molecule has 0 aliphatic carbocycles. The van der Waals surface area contributed by atoms with E-state index in [0.29, 0.717) is 33.7 Å². The quantitative estimate of drug-likeness (QED) is 0.231. The lowest BCUT2D eigenvalue weighted by Gasteiger charge is -2.12. The molecule has 2 heterocycles. The fourth-order valence-electron chi connectivity index (χ4n) is 3.81. The van der Waals surface area contributed by atoms with E-state index in [-0.39, 0.29) is 17.2 Å². The molecule has 0 radical (unpaired) electrons. The number of benzene rings is 3. The maximum atomic E-state index is 12.8. The molecule has 0 amide bonds. The van der Waals surface area contributed by atoms with Crippen LogP contribution in [0.5, 0.6) is 5.75 Å². The van der Waals surface area contributed by atoms with Crippen LogP contribution in [0, 0.1) is 0 Å². The van der Waals surface area contributed by atoms with Gasteiger partial charge in [0.1, 0.15) is 11.6 Å². The van der Waals surface area contributed by atoms with E-state index in [0.717, 1.165) is 11.1 Å². The van der Waals surface area contributed by atoms with Crippen LogP contribution in [0.3, 0.4) is 0 Å². The maximum Gasteiger partial charge on any atom is 0.240 e. The van der Waals surface area contributed by atoms with Crippen molar-refractivity contribution in [3.05, 3.63) is 95.6 Å². The van der Waals surface area contributed by atoms with Gasteiger partial charge in [0, 0.05) is 24.7 Å². The lowest BCUT2D eigenvalue weighted by Crippen LogP contribution is -2.29. The highest BCUT2D eigenvalue weighted by molar-refractivity contribution is 9.10. The molecule has 8 nitrogen and oxygen atoms in total. The Balaban J connectivity index is 1.29. The summed E-state index contributed by atoms with van der Waals surface area (Å²) in [6, 6.07) is 25.3. The van der Waals surface area contributed by atoms with Crippen LogP contribution < -0.4 is 10.0 Å². The van der Waals surface area contributed by atoms with Crippen LogP contribution in [-0.4, -0.2) is 41.2 Å². The molecular weight excluding hydrogens is 542 g/mol. The summed E-state index contributed by atoms with van der Waals surface area (Å²) in [6.07, 6.45) is 1.63. The minimum absolute atomic E-state index is 0.113. The van der Waals surface area contributed by atoms with Gasteiger partial charge in [-0.2, -0.15) is 9.61 Å². The van der Waals surface area contributed by atoms with Crippen LogP contribution in [0.4, 0.5) is 5.82 Å². The first-order valence-electron chi connectivity index (χ1n) is 11.1. The first kappa shape index (κ1) is 24.0. The largest absolute Gasteiger partial charge is 0.507 e. The number of aromatic nitrogens is 3. The average molecular weight is 564 g/mol. The van der Waals surface area contributed by atoms with E-state index in [1.807, 2.05) is 36.4 Å². The van der Waals surface area contributed by atoms with Crippen LogP contribution in [0.15, 0.2) is 100 Å². The fourth-order valence-corrected chi connectivity index (χ4v) is 5.19. The Morgan fingerprint density at radius 1 is 0.889 bits per heavy atom. The monoisotopic (exact) mass is 563 g/mol. The summed E-state index contributed by atoms with van der Waals surface area (Å²) in [7, 11) is -3.67. The van der Waals surface area contributed by atoms with E-state index < -0.39 is 10.0 Å². The molecule has 0 aliphatic rings. The van der Waals surface area contributed by atoms with Gasteiger partial charge < -0.3 is 10.4 Å². The van der Waals surface area contributed by atoms with Crippen molar-refractivity contribution in [3.8, 4) is 28.1 Å². The van der Waals surface area contributed by atoms with Gasteiger partial charge in [0.2, 0.25) is 10.0 Å². The fraction of sp³-hybridized carbons (Fsp3) is 0.0769. The van der Waals surface area contributed by atoms with E-state index >= 15 is 0 Å². The number of anilines is 1. The number of nitrogens with one attached hydrogen (secondary N) is 2. The molecule has 5 aromatic rings. The van der Waals surface area contributed by atoms with Gasteiger partial charge in [-0.05, 0) is 51.3 Å². The number of phenols is 1. The second kappa shape index (κ2) is 10.1. The summed E-state index contributed by atoms with van der Waals surface area (Å²) >= 11 is 3.45. The van der Waals surface area contributed by atoms with Crippen molar-refractivity contribution in [1.82, 2.24) is 19.3 Å². The van der Waals surface area contributed by atoms with E-state index in [4.69, 9.17) is 0 Å². The smallest absolute Gasteiger partial charge is 0.240 e. The van der Waals surface area contributed by atoms with E-state index in [2.05, 4.69) is 36.1 Å². The van der Waals surface area contributed by atoms with Crippen LogP contribution >= 0.6 is 15.9 Å². The Hall–Kier alpha value is -3.73. The molecule has 0 unspecified atom stereocenters. The Kier molecular flexibility index (Phi) is 6.73. The first-order valence-corrected chi connectivity index (χ1v) is 13.4. The highest BCUT2D eigenvalue weighted by atomic mass is 79.9. The van der Waals surface area contributed by atoms with Gasteiger partial charge in [0.05, 0.1) is 21.3 Å². The molecule has 182 valence electrons. The second-order valence-electron chi connectivity index (χ2n) is 7.99. The Morgan fingerprint density at radius 3 is 2.33 bits per heavy atom. The molecule has 0 saturated heterocycles. The van der Waals surface area contributed by atoms with Crippen LogP contribution in [0.1, 0.15) is 0 Å². The highest BCUT2D eigenvalue weighted by Gasteiger charge is 2.15. The summed E-state index contributed by atoms with van der Waals surface area (Å²) < 4.78 is 30.5. The SMILES string of the molecule is O=S(=O)(NCCNc1cc(-c2ccccc2O)nc2c(Br)cnn12)c1ccc(-c2ccccc2)cc1. The molecule has 0 spiro atoms. The van der Waals surface area contributed by atoms with Gasteiger partial charge in [-0.25, -0.2) is 18.1 Å². The van der Waals surface area contributed by atoms with Crippen LogP contribution in [0.2, 0.25) is 0 Å². The van der Waals surface area contributed by atoms with Gasteiger partial charge in [-0.3, -0.25) is 0 Å². The Labute approximate surface area is 216 Å². The Bertz CT molecular complexity index is 1620. The second-order valence-corrected chi connectivity index (χ2v) is 10.6. The normalized spacial score (nSPS) is 11.6. The number of rotatable bonds is 8. The van der Waals surface area contributed by atoms with Crippen molar-refractivity contribution in [2.24, 2.45) is 0 Å². The van der Waals surface area contributed by atoms with Gasteiger partial charge >= 0.3 is 0 Å². The summed E-state index contributed by atoms with van der Waals surface area (Å²) in [5.74, 6) is 0.720. The van der Waals surface area contributed by atoms with Gasteiger partial charge in [0.25, 0.3) is 0 Å². The van der Waals surface area contributed by atoms with Crippen molar-refractivity contribution in [1.29, 1.82) is 0 Å². The van der Waals surface area contributed by atoms with Crippen molar-refractivity contribution in [3.63, 3.8) is 0 Å². The van der Waals surface area contributed by atoms with Gasteiger partial charge in [-0.15, -0.1) is 0 Å². The van der Waals surface area contributed by atoms with Crippen LogP contribution in [0.25, 0.3) is 28.0 Å². The maximum absolute atomic E-state index is 12.8. The minimum atomic E-state index is -3.67. The summed E-state index contributed by atoms with van der Waals surface area (Å²) in [5, 5.41) is 17.8. The zero-order valence-corrected chi connectivity index (χ0v) is 21.4. The molecule has 0 fully saturated rings. The highest BCUT2D eigenvalue weighted by Crippen LogP contribution is 2.31. The van der Waals surface area contributed by atoms with Gasteiger partial charge in [0.15, 0.2) is 5.65 Å². The van der Waals surface area contributed by atoms with Gasteiger partial charge in [-0.1, -0.05) is 54.6 Å². The zero-order valence-electron chi connectivity index (χ0n) is 19.0. The number of nitrogens with zero attached hydrogens (tertiary/aromatic N) is 3. The first-order chi connectivity index (χ1) is 17.4. The number of hydrogen-bond acceptors (Lipinski definition) is 6. The summed E-state index contributed by atoms with van der Waals surface area (Å²) in [4.78, 5) is 4.80. The number of hydrogen-bond donors (Lipinski definition) is 3. The minimum Gasteiger partial charge on any atom is -0.507 e. The number of aromatic hydroxyl groups is 1. The standard InChI is InChI=1S/C26H22BrN5O3S/c27-22-17-29-32-25(16-23(31-26(22)32)21-8-4-5-9-24(21)33)28-14-15-30-36(34,35)20-12-10-19(11-13-20)18-6-2-1-3-7-18/h1-13,16-17,28,30,33H,14-15H2. The molecule has 36 heavy (non-hydrogen) atoms. The number of sulfonamides is 1. The molecule has 3 aromatic carbocycles. The zero-order chi connectivity index (χ0) is 25.1. The van der Waals surface area contributed by atoms with Crippen molar-refractivity contribution in [2.45, 2.75) is 4.90 Å². The van der Waals surface area contributed by atoms with Crippen molar-refractivity contribution in [2.75, 3.05) is 18.4 Å². The molecular formula is C26H22BrN5O3S. The molecule has 2 aromatic heterocycles. The predicted molar refractivity (Wildman–Crippen MR) is 143 cm³/mol. The summed E-state index contributed by atoms with van der Waals surface area (Å²) in [5.41, 5.74) is 3.68. The third kappa shape index (κ3) is 4.97. The number of fused-ring (bicyclic) bond motifs is 1.